The highest BCUT2D eigenvalue weighted by Gasteiger charge is 2.46. The number of benzene rings is 2. The number of likely N-dealkylation sites (N-methyl/N-ethyl adjacent to an activating group) is 1. The SMILES string of the molecule is CO[C@@H]1C[C@H]2CN(S(=O)(=O)c3ccc(-c4ccccc4)cc3)C[C@H]2C[C@H]1N(C)C.O=CO. The molecule has 0 spiro atoms. The lowest BCUT2D eigenvalue weighted by Crippen LogP contribution is -2.47. The number of sulfonamides is 1. The summed E-state index contributed by atoms with van der Waals surface area (Å²) >= 11 is 0. The maximum atomic E-state index is 13.3. The van der Waals surface area contributed by atoms with E-state index in [1.807, 2.05) is 42.5 Å². The van der Waals surface area contributed by atoms with Gasteiger partial charge >= 0.3 is 0 Å². The van der Waals surface area contributed by atoms with Crippen molar-refractivity contribution in [3.63, 3.8) is 0 Å². The van der Waals surface area contributed by atoms with Crippen LogP contribution in [0.1, 0.15) is 12.8 Å². The summed E-state index contributed by atoms with van der Waals surface area (Å²) in [6, 6.07) is 17.6. The van der Waals surface area contributed by atoms with E-state index in [1.54, 1.807) is 23.5 Å². The number of carbonyl (C=O) groups is 1. The molecule has 0 bridgehead atoms. The van der Waals surface area contributed by atoms with Crippen LogP contribution in [0.4, 0.5) is 0 Å². The average Bonchev–Trinajstić information content (AvgIpc) is 3.23. The normalized spacial score (nSPS) is 25.6. The first-order valence-corrected chi connectivity index (χ1v) is 12.2. The monoisotopic (exact) mass is 460 g/mol. The standard InChI is InChI=1S/C23H30N2O3S.CH2O2/c1-24(2)22-13-19-15-25(16-20(19)14-23(22)28-3)29(26,27)21-11-9-18(10-12-21)17-7-5-4-6-8-17;2-1-3/h4-12,19-20,22-23H,13-16H2,1-3H3;1H,(H,2,3)/t19-,20+,22-,23-;/m1./s1. The highest BCUT2D eigenvalue weighted by atomic mass is 32.2. The van der Waals surface area contributed by atoms with Gasteiger partial charge in [0.05, 0.1) is 11.0 Å². The summed E-state index contributed by atoms with van der Waals surface area (Å²) in [7, 11) is 2.44. The van der Waals surface area contributed by atoms with E-state index in [0.29, 0.717) is 35.9 Å². The van der Waals surface area contributed by atoms with Crippen LogP contribution in [0.2, 0.25) is 0 Å². The molecule has 1 aliphatic heterocycles. The van der Waals surface area contributed by atoms with E-state index in [4.69, 9.17) is 14.6 Å². The molecule has 2 aromatic carbocycles. The Morgan fingerprint density at radius 1 is 0.969 bits per heavy atom. The molecular weight excluding hydrogens is 428 g/mol. The third-order valence-electron chi connectivity index (χ3n) is 6.62. The summed E-state index contributed by atoms with van der Waals surface area (Å²) in [5.41, 5.74) is 2.11. The van der Waals surface area contributed by atoms with Gasteiger partial charge in [-0.2, -0.15) is 4.31 Å². The second-order valence-electron chi connectivity index (χ2n) is 8.61. The molecule has 0 aromatic heterocycles. The van der Waals surface area contributed by atoms with Crippen molar-refractivity contribution in [2.24, 2.45) is 11.8 Å². The first kappa shape index (κ1) is 24.4. The Kier molecular flexibility index (Phi) is 8.05. The molecule has 7 nitrogen and oxygen atoms in total. The van der Waals surface area contributed by atoms with Crippen molar-refractivity contribution >= 4 is 16.5 Å². The van der Waals surface area contributed by atoms with Crippen molar-refractivity contribution in [2.75, 3.05) is 34.3 Å². The number of carboxylic acid groups (broad SMARTS) is 1. The van der Waals surface area contributed by atoms with E-state index in [-0.39, 0.29) is 12.6 Å². The summed E-state index contributed by atoms with van der Waals surface area (Å²) in [6.07, 6.45) is 2.07. The molecule has 2 aliphatic rings. The summed E-state index contributed by atoms with van der Waals surface area (Å²) < 4.78 is 34.0. The Balaban J connectivity index is 0.000000913. The van der Waals surface area contributed by atoms with E-state index < -0.39 is 10.0 Å². The second kappa shape index (κ2) is 10.6. The lowest BCUT2D eigenvalue weighted by atomic mass is 9.77. The molecule has 174 valence electrons. The van der Waals surface area contributed by atoms with Crippen LogP contribution >= 0.6 is 0 Å². The highest BCUT2D eigenvalue weighted by molar-refractivity contribution is 7.89. The van der Waals surface area contributed by atoms with Crippen LogP contribution in [0.3, 0.4) is 0 Å². The lowest BCUT2D eigenvalue weighted by Gasteiger charge is -2.40. The minimum Gasteiger partial charge on any atom is -0.483 e. The predicted molar refractivity (Wildman–Crippen MR) is 124 cm³/mol. The minimum absolute atomic E-state index is 0.166. The number of methoxy groups -OCH3 is 1. The fourth-order valence-corrected chi connectivity index (χ4v) is 6.49. The Morgan fingerprint density at radius 2 is 1.50 bits per heavy atom. The van der Waals surface area contributed by atoms with Gasteiger partial charge in [-0.15, -0.1) is 0 Å². The zero-order valence-electron chi connectivity index (χ0n) is 18.8. The van der Waals surface area contributed by atoms with Crippen LogP contribution in [-0.2, 0) is 19.6 Å². The Labute approximate surface area is 190 Å². The van der Waals surface area contributed by atoms with Gasteiger partial charge in [-0.3, -0.25) is 4.79 Å². The molecule has 4 rings (SSSR count). The zero-order valence-corrected chi connectivity index (χ0v) is 19.6. The van der Waals surface area contributed by atoms with Crippen LogP contribution in [0.15, 0.2) is 59.5 Å². The maximum Gasteiger partial charge on any atom is 0.290 e. The minimum atomic E-state index is -3.48. The highest BCUT2D eigenvalue weighted by Crippen LogP contribution is 2.40. The molecule has 1 saturated heterocycles. The molecule has 2 aromatic rings. The third-order valence-corrected chi connectivity index (χ3v) is 8.46. The number of hydrogen-bond acceptors (Lipinski definition) is 5. The first-order valence-electron chi connectivity index (χ1n) is 10.7. The van der Waals surface area contributed by atoms with Crippen molar-refractivity contribution in [1.82, 2.24) is 9.21 Å². The van der Waals surface area contributed by atoms with E-state index in [9.17, 15) is 8.42 Å². The van der Waals surface area contributed by atoms with Crippen molar-refractivity contribution in [2.45, 2.75) is 29.9 Å². The van der Waals surface area contributed by atoms with E-state index >= 15 is 0 Å². The maximum absolute atomic E-state index is 13.3. The number of rotatable bonds is 5. The number of fused-ring (bicyclic) bond motifs is 1. The number of hydrogen-bond donors (Lipinski definition) is 1. The van der Waals surface area contributed by atoms with Crippen molar-refractivity contribution in [1.29, 1.82) is 0 Å². The van der Waals surface area contributed by atoms with Gasteiger partial charge < -0.3 is 14.7 Å². The van der Waals surface area contributed by atoms with Gasteiger partial charge in [0.15, 0.2) is 0 Å². The summed E-state index contributed by atoms with van der Waals surface area (Å²) in [5.74, 6) is 0.765. The Morgan fingerprint density at radius 3 is 2.03 bits per heavy atom. The second-order valence-corrected chi connectivity index (χ2v) is 10.6. The fraction of sp³-hybridized carbons (Fsp3) is 0.458. The van der Waals surface area contributed by atoms with Gasteiger partial charge in [0.2, 0.25) is 10.0 Å². The van der Waals surface area contributed by atoms with Crippen molar-refractivity contribution in [3.05, 3.63) is 54.6 Å². The Bertz CT molecular complexity index is 979. The topological polar surface area (TPSA) is 87.2 Å². The molecule has 4 atom stereocenters. The molecule has 0 radical (unpaired) electrons. The van der Waals surface area contributed by atoms with Gasteiger partial charge in [0, 0.05) is 26.2 Å². The molecule has 1 heterocycles. The van der Waals surface area contributed by atoms with Crippen LogP contribution in [0.25, 0.3) is 11.1 Å². The first-order chi connectivity index (χ1) is 15.3. The van der Waals surface area contributed by atoms with Crippen molar-refractivity contribution in [3.8, 4) is 11.1 Å². The third kappa shape index (κ3) is 5.20. The van der Waals surface area contributed by atoms with Gasteiger partial charge in [-0.1, -0.05) is 42.5 Å². The average molecular weight is 461 g/mol. The summed E-state index contributed by atoms with van der Waals surface area (Å²) in [5, 5.41) is 6.89. The molecule has 0 amide bonds. The molecule has 1 aliphatic carbocycles. The van der Waals surface area contributed by atoms with Gasteiger partial charge in [-0.05, 0) is 62.0 Å². The molecule has 1 saturated carbocycles. The van der Waals surface area contributed by atoms with Gasteiger partial charge in [-0.25, -0.2) is 8.42 Å². The molecule has 1 N–H and O–H groups in total. The van der Waals surface area contributed by atoms with Crippen LogP contribution in [0.5, 0.6) is 0 Å². The Hall–Kier alpha value is -2.26. The molecule has 8 heteroatoms. The van der Waals surface area contributed by atoms with Crippen LogP contribution < -0.4 is 0 Å². The van der Waals surface area contributed by atoms with Crippen molar-refractivity contribution < 1.29 is 23.1 Å². The quantitative estimate of drug-likeness (QED) is 0.690. The lowest BCUT2D eigenvalue weighted by molar-refractivity contribution is -0.122. The molecule has 32 heavy (non-hydrogen) atoms. The van der Waals surface area contributed by atoms with E-state index in [2.05, 4.69) is 19.0 Å². The summed E-state index contributed by atoms with van der Waals surface area (Å²) in [6.45, 7) is 0.946. The smallest absolute Gasteiger partial charge is 0.290 e. The van der Waals surface area contributed by atoms with Gasteiger partial charge in [0.25, 0.3) is 6.47 Å². The van der Waals surface area contributed by atoms with Crippen LogP contribution in [0, 0.1) is 11.8 Å². The summed E-state index contributed by atoms with van der Waals surface area (Å²) in [4.78, 5) is 11.0. The number of ether oxygens (including phenoxy) is 1. The zero-order chi connectivity index (χ0) is 23.3. The van der Waals surface area contributed by atoms with Crippen LogP contribution in [-0.4, -0.2) is 75.6 Å². The van der Waals surface area contributed by atoms with E-state index in [1.165, 1.54) is 0 Å². The molecule has 0 unspecified atom stereocenters. The predicted octanol–water partition coefficient (Wildman–Crippen LogP) is 3.03. The fourth-order valence-electron chi connectivity index (χ4n) is 4.94. The van der Waals surface area contributed by atoms with Gasteiger partial charge in [0.1, 0.15) is 0 Å². The molecule has 2 fully saturated rings. The largest absolute Gasteiger partial charge is 0.483 e. The van der Waals surface area contributed by atoms with E-state index in [0.717, 1.165) is 24.0 Å². The number of nitrogens with zero attached hydrogens (tertiary/aromatic N) is 2. The molecular formula is C24H32N2O5S.